The van der Waals surface area contributed by atoms with Gasteiger partial charge in [0.25, 0.3) is 10.2 Å². The Balaban J connectivity index is 1.80. The van der Waals surface area contributed by atoms with Crippen LogP contribution in [0.15, 0.2) is 24.3 Å². The molecule has 0 aromatic heterocycles. The molecule has 0 N–H and O–H groups in total. The van der Waals surface area contributed by atoms with Crippen LogP contribution in [0.25, 0.3) is 0 Å². The molecule has 0 saturated carbocycles. The van der Waals surface area contributed by atoms with Gasteiger partial charge in [-0.2, -0.15) is 17.0 Å². The quantitative estimate of drug-likeness (QED) is 0.829. The van der Waals surface area contributed by atoms with Crippen molar-refractivity contribution in [3.63, 3.8) is 0 Å². The third-order valence-electron chi connectivity index (χ3n) is 4.13. The maximum Gasteiger partial charge on any atom is 0.282 e. The van der Waals surface area contributed by atoms with E-state index >= 15 is 0 Å². The molecule has 0 amide bonds. The van der Waals surface area contributed by atoms with Crippen molar-refractivity contribution in [2.45, 2.75) is 39.0 Å². The largest absolute Gasteiger partial charge is 0.373 e. The standard InChI is InChI=1S/C15H22N2O3S/c1-12-9-17(10-13(2)20-12)21(18,19)16-8-7-14-5-3-4-6-15(14)11-16/h3-6,12-13H,7-11H2,1-2H3. The number of hydrogen-bond acceptors (Lipinski definition) is 3. The molecule has 6 heteroatoms. The van der Waals surface area contributed by atoms with E-state index in [0.29, 0.717) is 26.2 Å². The molecule has 116 valence electrons. The van der Waals surface area contributed by atoms with Gasteiger partial charge in [0.1, 0.15) is 0 Å². The van der Waals surface area contributed by atoms with E-state index in [4.69, 9.17) is 4.74 Å². The van der Waals surface area contributed by atoms with Gasteiger partial charge >= 0.3 is 0 Å². The van der Waals surface area contributed by atoms with Crippen molar-refractivity contribution in [1.29, 1.82) is 0 Å². The summed E-state index contributed by atoms with van der Waals surface area (Å²) in [6, 6.07) is 8.07. The SMILES string of the molecule is CC1CN(S(=O)(=O)N2CCc3ccccc3C2)CC(C)O1. The maximum atomic E-state index is 12.8. The van der Waals surface area contributed by atoms with Crippen LogP contribution in [-0.4, -0.2) is 48.9 Å². The second kappa shape index (κ2) is 5.68. The monoisotopic (exact) mass is 310 g/mol. The second-order valence-corrected chi connectivity index (χ2v) is 7.86. The van der Waals surface area contributed by atoms with Gasteiger partial charge < -0.3 is 4.74 Å². The minimum Gasteiger partial charge on any atom is -0.373 e. The van der Waals surface area contributed by atoms with Crippen molar-refractivity contribution in [2.75, 3.05) is 19.6 Å². The fourth-order valence-electron chi connectivity index (χ4n) is 3.15. The molecule has 1 saturated heterocycles. The number of hydrogen-bond donors (Lipinski definition) is 0. The van der Waals surface area contributed by atoms with Crippen LogP contribution in [0.1, 0.15) is 25.0 Å². The molecule has 1 fully saturated rings. The highest BCUT2D eigenvalue weighted by Gasteiger charge is 2.36. The summed E-state index contributed by atoms with van der Waals surface area (Å²) in [5.74, 6) is 0. The van der Waals surface area contributed by atoms with E-state index in [9.17, 15) is 8.42 Å². The normalized spacial score (nSPS) is 28.3. The highest BCUT2D eigenvalue weighted by atomic mass is 32.2. The molecule has 21 heavy (non-hydrogen) atoms. The Morgan fingerprint density at radius 2 is 1.67 bits per heavy atom. The highest BCUT2D eigenvalue weighted by molar-refractivity contribution is 7.86. The molecule has 0 spiro atoms. The Hall–Kier alpha value is -0.950. The van der Waals surface area contributed by atoms with Crippen LogP contribution >= 0.6 is 0 Å². The van der Waals surface area contributed by atoms with Crippen LogP contribution in [0.5, 0.6) is 0 Å². The van der Waals surface area contributed by atoms with E-state index in [1.54, 1.807) is 8.61 Å². The van der Waals surface area contributed by atoms with Crippen molar-refractivity contribution in [3.8, 4) is 0 Å². The fourth-order valence-corrected chi connectivity index (χ4v) is 4.90. The molecule has 3 rings (SSSR count). The summed E-state index contributed by atoms with van der Waals surface area (Å²) in [7, 11) is -3.41. The number of rotatable bonds is 2. The minimum atomic E-state index is -3.41. The molecule has 0 radical (unpaired) electrons. The Kier molecular flexibility index (Phi) is 4.05. The zero-order chi connectivity index (χ0) is 15.0. The van der Waals surface area contributed by atoms with Crippen molar-refractivity contribution in [3.05, 3.63) is 35.4 Å². The lowest BCUT2D eigenvalue weighted by Gasteiger charge is -2.38. The van der Waals surface area contributed by atoms with E-state index < -0.39 is 10.2 Å². The molecule has 0 bridgehead atoms. The number of nitrogens with zero attached hydrogens (tertiary/aromatic N) is 2. The average molecular weight is 310 g/mol. The van der Waals surface area contributed by atoms with E-state index in [0.717, 1.165) is 12.0 Å². The summed E-state index contributed by atoms with van der Waals surface area (Å²) in [4.78, 5) is 0. The first-order chi connectivity index (χ1) is 9.96. The predicted molar refractivity (Wildman–Crippen MR) is 81.1 cm³/mol. The Morgan fingerprint density at radius 3 is 2.33 bits per heavy atom. The Morgan fingerprint density at radius 1 is 1.05 bits per heavy atom. The molecule has 2 heterocycles. The lowest BCUT2D eigenvalue weighted by atomic mass is 10.0. The van der Waals surface area contributed by atoms with Gasteiger partial charge in [-0.3, -0.25) is 0 Å². The lowest BCUT2D eigenvalue weighted by molar-refractivity contribution is -0.0455. The summed E-state index contributed by atoms with van der Waals surface area (Å²) in [5.41, 5.74) is 2.37. The third-order valence-corrected chi connectivity index (χ3v) is 6.05. The van der Waals surface area contributed by atoms with Crippen LogP contribution in [0, 0.1) is 0 Å². The van der Waals surface area contributed by atoms with Gasteiger partial charge in [0.15, 0.2) is 0 Å². The Bertz CT molecular complexity index is 607. The predicted octanol–water partition coefficient (Wildman–Crippen LogP) is 1.40. The van der Waals surface area contributed by atoms with Gasteiger partial charge in [-0.05, 0) is 31.4 Å². The first-order valence-electron chi connectivity index (χ1n) is 7.44. The highest BCUT2D eigenvalue weighted by Crippen LogP contribution is 2.24. The van der Waals surface area contributed by atoms with Gasteiger partial charge in [0.2, 0.25) is 0 Å². The molecular formula is C15H22N2O3S. The molecule has 2 aliphatic rings. The van der Waals surface area contributed by atoms with Crippen LogP contribution < -0.4 is 0 Å². The summed E-state index contributed by atoms with van der Waals surface area (Å²) in [6.45, 7) is 5.74. The number of morpholine rings is 1. The molecule has 2 atom stereocenters. The van der Waals surface area contributed by atoms with Gasteiger partial charge in [-0.1, -0.05) is 24.3 Å². The third kappa shape index (κ3) is 2.99. The summed E-state index contributed by atoms with van der Waals surface area (Å²) in [5, 5.41) is 0. The van der Waals surface area contributed by atoms with Crippen molar-refractivity contribution in [1.82, 2.24) is 8.61 Å². The molecule has 5 nitrogen and oxygen atoms in total. The molecule has 1 aromatic rings. The van der Waals surface area contributed by atoms with Crippen LogP contribution in [0.3, 0.4) is 0 Å². The van der Waals surface area contributed by atoms with Gasteiger partial charge in [0, 0.05) is 26.2 Å². The van der Waals surface area contributed by atoms with E-state index in [-0.39, 0.29) is 12.2 Å². The number of fused-ring (bicyclic) bond motifs is 1. The summed E-state index contributed by atoms with van der Waals surface area (Å²) >= 11 is 0. The second-order valence-electron chi connectivity index (χ2n) is 5.93. The molecule has 1 aromatic carbocycles. The molecule has 2 unspecified atom stereocenters. The Labute approximate surface area is 126 Å². The van der Waals surface area contributed by atoms with Crippen LogP contribution in [0.2, 0.25) is 0 Å². The molecule has 2 aliphatic heterocycles. The van der Waals surface area contributed by atoms with Gasteiger partial charge in [-0.15, -0.1) is 0 Å². The number of ether oxygens (including phenoxy) is 1. The lowest BCUT2D eigenvalue weighted by Crippen LogP contribution is -2.53. The number of benzene rings is 1. The average Bonchev–Trinajstić information content (AvgIpc) is 2.45. The fraction of sp³-hybridized carbons (Fsp3) is 0.600. The molecular weight excluding hydrogens is 288 g/mol. The van der Waals surface area contributed by atoms with Gasteiger partial charge in [0.05, 0.1) is 12.2 Å². The smallest absolute Gasteiger partial charge is 0.282 e. The van der Waals surface area contributed by atoms with Crippen molar-refractivity contribution in [2.24, 2.45) is 0 Å². The summed E-state index contributed by atoms with van der Waals surface area (Å²) in [6.07, 6.45) is 0.673. The zero-order valence-corrected chi connectivity index (χ0v) is 13.3. The summed E-state index contributed by atoms with van der Waals surface area (Å²) < 4.78 is 34.5. The van der Waals surface area contributed by atoms with Crippen molar-refractivity contribution < 1.29 is 13.2 Å². The van der Waals surface area contributed by atoms with Crippen LogP contribution in [0.4, 0.5) is 0 Å². The van der Waals surface area contributed by atoms with Crippen molar-refractivity contribution >= 4 is 10.2 Å². The molecule has 0 aliphatic carbocycles. The maximum absolute atomic E-state index is 12.8. The minimum absolute atomic E-state index is 0.0550. The topological polar surface area (TPSA) is 49.9 Å². The first-order valence-corrected chi connectivity index (χ1v) is 8.84. The first kappa shape index (κ1) is 15.0. The van der Waals surface area contributed by atoms with E-state index in [1.165, 1.54) is 5.56 Å². The van der Waals surface area contributed by atoms with E-state index in [1.807, 2.05) is 32.0 Å². The van der Waals surface area contributed by atoms with Crippen LogP contribution in [-0.2, 0) is 27.9 Å². The van der Waals surface area contributed by atoms with E-state index in [2.05, 4.69) is 6.07 Å². The zero-order valence-electron chi connectivity index (χ0n) is 12.5. The van der Waals surface area contributed by atoms with Gasteiger partial charge in [-0.25, -0.2) is 0 Å².